The summed E-state index contributed by atoms with van der Waals surface area (Å²) in [5.41, 5.74) is 0.812. The predicted octanol–water partition coefficient (Wildman–Crippen LogP) is 1.63. The Balaban J connectivity index is 2.80. The number of carboxylic acids is 1. The minimum atomic E-state index is -1.07. The first-order valence-electron chi connectivity index (χ1n) is 6.41. The molecule has 20 heavy (non-hydrogen) atoms. The maximum absolute atomic E-state index is 11.9. The summed E-state index contributed by atoms with van der Waals surface area (Å²) in [6.45, 7) is 3.40. The van der Waals surface area contributed by atoms with Crippen LogP contribution in [0.1, 0.15) is 37.0 Å². The molecule has 1 atom stereocenters. The van der Waals surface area contributed by atoms with Gasteiger partial charge in [0.05, 0.1) is 0 Å². The van der Waals surface area contributed by atoms with Crippen LogP contribution in [0.4, 0.5) is 5.69 Å². The Hall–Kier alpha value is -2.37. The van der Waals surface area contributed by atoms with Crippen molar-refractivity contribution in [3.05, 3.63) is 29.8 Å². The fourth-order valence-corrected chi connectivity index (χ4v) is 1.57. The van der Waals surface area contributed by atoms with Crippen LogP contribution in [0.25, 0.3) is 0 Å². The zero-order valence-corrected chi connectivity index (χ0v) is 11.5. The number of hydrogen-bond donors (Lipinski definition) is 3. The summed E-state index contributed by atoms with van der Waals surface area (Å²) >= 11 is 0. The summed E-state index contributed by atoms with van der Waals surface area (Å²) in [6.07, 6.45) is 0.640. The quantitative estimate of drug-likeness (QED) is 0.737. The summed E-state index contributed by atoms with van der Waals surface area (Å²) < 4.78 is 0. The van der Waals surface area contributed by atoms with Crippen LogP contribution < -0.4 is 10.6 Å². The van der Waals surface area contributed by atoms with Crippen LogP contribution in [-0.2, 0) is 9.59 Å². The summed E-state index contributed by atoms with van der Waals surface area (Å²) in [7, 11) is 0. The van der Waals surface area contributed by atoms with E-state index < -0.39 is 17.9 Å². The van der Waals surface area contributed by atoms with Crippen LogP contribution in [0.2, 0.25) is 0 Å². The fourth-order valence-electron chi connectivity index (χ4n) is 1.57. The van der Waals surface area contributed by atoms with Gasteiger partial charge < -0.3 is 15.7 Å². The molecule has 0 spiro atoms. The molecule has 1 aromatic rings. The average molecular weight is 278 g/mol. The van der Waals surface area contributed by atoms with E-state index in [1.807, 2.05) is 0 Å². The monoisotopic (exact) mass is 278 g/mol. The SMILES string of the molecule is CCC(=O)Nc1cccc(C(=O)NC(CC)C(=O)O)c1. The number of anilines is 1. The van der Waals surface area contributed by atoms with Gasteiger partial charge >= 0.3 is 5.97 Å². The Morgan fingerprint density at radius 3 is 2.50 bits per heavy atom. The summed E-state index contributed by atoms with van der Waals surface area (Å²) in [6, 6.07) is 5.44. The largest absolute Gasteiger partial charge is 0.480 e. The summed E-state index contributed by atoms with van der Waals surface area (Å²) in [5, 5.41) is 14.0. The normalized spacial score (nSPS) is 11.5. The van der Waals surface area contributed by atoms with Crippen LogP contribution in [0.3, 0.4) is 0 Å². The first-order valence-corrected chi connectivity index (χ1v) is 6.41. The number of benzene rings is 1. The van der Waals surface area contributed by atoms with Crippen molar-refractivity contribution in [1.29, 1.82) is 0 Å². The highest BCUT2D eigenvalue weighted by Crippen LogP contribution is 2.11. The van der Waals surface area contributed by atoms with Crippen molar-refractivity contribution in [3.63, 3.8) is 0 Å². The van der Waals surface area contributed by atoms with Crippen LogP contribution in [-0.4, -0.2) is 28.9 Å². The average Bonchev–Trinajstić information content (AvgIpc) is 2.44. The number of carbonyl (C=O) groups excluding carboxylic acids is 2. The molecule has 0 aromatic heterocycles. The van der Waals surface area contributed by atoms with Crippen molar-refractivity contribution in [3.8, 4) is 0 Å². The lowest BCUT2D eigenvalue weighted by atomic mass is 10.1. The van der Waals surface area contributed by atoms with Gasteiger partial charge in [-0.1, -0.05) is 19.9 Å². The fraction of sp³-hybridized carbons (Fsp3) is 0.357. The van der Waals surface area contributed by atoms with Crippen molar-refractivity contribution in [2.75, 3.05) is 5.32 Å². The van der Waals surface area contributed by atoms with E-state index in [0.29, 0.717) is 24.1 Å². The first kappa shape index (κ1) is 15.7. The van der Waals surface area contributed by atoms with Gasteiger partial charge in [-0.05, 0) is 24.6 Å². The molecule has 1 rings (SSSR count). The van der Waals surface area contributed by atoms with E-state index in [1.54, 1.807) is 32.0 Å². The highest BCUT2D eigenvalue weighted by atomic mass is 16.4. The number of carbonyl (C=O) groups is 3. The molecule has 2 amide bonds. The van der Waals surface area contributed by atoms with Gasteiger partial charge in [0.2, 0.25) is 5.91 Å². The van der Waals surface area contributed by atoms with Crippen molar-refractivity contribution >= 4 is 23.5 Å². The van der Waals surface area contributed by atoms with E-state index in [-0.39, 0.29) is 5.91 Å². The van der Waals surface area contributed by atoms with Crippen LogP contribution >= 0.6 is 0 Å². The molecule has 3 N–H and O–H groups in total. The predicted molar refractivity (Wildman–Crippen MR) is 74.5 cm³/mol. The smallest absolute Gasteiger partial charge is 0.326 e. The maximum atomic E-state index is 11.9. The van der Waals surface area contributed by atoms with Gasteiger partial charge in [-0.15, -0.1) is 0 Å². The summed E-state index contributed by atoms with van der Waals surface area (Å²) in [4.78, 5) is 34.1. The highest BCUT2D eigenvalue weighted by Gasteiger charge is 2.18. The molecule has 1 aromatic carbocycles. The number of amides is 2. The Morgan fingerprint density at radius 2 is 1.95 bits per heavy atom. The second kappa shape index (κ2) is 7.28. The third kappa shape index (κ3) is 4.38. The number of nitrogens with one attached hydrogen (secondary N) is 2. The van der Waals surface area contributed by atoms with E-state index in [4.69, 9.17) is 5.11 Å². The molecule has 1 unspecified atom stereocenters. The minimum Gasteiger partial charge on any atom is -0.480 e. The lowest BCUT2D eigenvalue weighted by Gasteiger charge is -2.12. The molecular weight excluding hydrogens is 260 g/mol. The third-order valence-corrected chi connectivity index (χ3v) is 2.74. The van der Waals surface area contributed by atoms with Crippen LogP contribution in [0, 0.1) is 0 Å². The van der Waals surface area contributed by atoms with Gasteiger partial charge in [0.25, 0.3) is 5.91 Å². The van der Waals surface area contributed by atoms with E-state index in [1.165, 1.54) is 6.07 Å². The van der Waals surface area contributed by atoms with Crippen LogP contribution in [0.5, 0.6) is 0 Å². The minimum absolute atomic E-state index is 0.153. The Morgan fingerprint density at radius 1 is 1.25 bits per heavy atom. The molecule has 0 fully saturated rings. The first-order chi connectivity index (χ1) is 9.47. The van der Waals surface area contributed by atoms with Gasteiger partial charge in [0.15, 0.2) is 0 Å². The number of hydrogen-bond acceptors (Lipinski definition) is 3. The van der Waals surface area contributed by atoms with Crippen LogP contribution in [0.15, 0.2) is 24.3 Å². The molecule has 108 valence electrons. The zero-order valence-electron chi connectivity index (χ0n) is 11.5. The van der Waals surface area contributed by atoms with Gasteiger partial charge in [0.1, 0.15) is 6.04 Å². The molecule has 0 aliphatic heterocycles. The third-order valence-electron chi connectivity index (χ3n) is 2.74. The van der Waals surface area contributed by atoms with E-state index in [2.05, 4.69) is 10.6 Å². The van der Waals surface area contributed by atoms with Crippen molar-refractivity contribution in [2.24, 2.45) is 0 Å². The zero-order chi connectivity index (χ0) is 15.1. The van der Waals surface area contributed by atoms with Crippen molar-refractivity contribution in [1.82, 2.24) is 5.32 Å². The van der Waals surface area contributed by atoms with Gasteiger partial charge in [-0.3, -0.25) is 9.59 Å². The number of carboxylic acid groups (broad SMARTS) is 1. The molecular formula is C14H18N2O4. The van der Waals surface area contributed by atoms with Crippen molar-refractivity contribution in [2.45, 2.75) is 32.7 Å². The molecule has 0 aliphatic rings. The van der Waals surface area contributed by atoms with Crippen molar-refractivity contribution < 1.29 is 19.5 Å². The maximum Gasteiger partial charge on any atom is 0.326 e. The lowest BCUT2D eigenvalue weighted by molar-refractivity contribution is -0.139. The lowest BCUT2D eigenvalue weighted by Crippen LogP contribution is -2.40. The second-order valence-electron chi connectivity index (χ2n) is 4.26. The Kier molecular flexibility index (Phi) is 5.71. The van der Waals surface area contributed by atoms with Gasteiger partial charge in [-0.2, -0.15) is 0 Å². The topological polar surface area (TPSA) is 95.5 Å². The van der Waals surface area contributed by atoms with Gasteiger partial charge in [0, 0.05) is 17.7 Å². The molecule has 0 saturated heterocycles. The summed E-state index contributed by atoms with van der Waals surface area (Å²) in [5.74, 6) is -1.71. The van der Waals surface area contributed by atoms with E-state index in [9.17, 15) is 14.4 Å². The standard InChI is InChI=1S/C14H18N2O4/c1-3-11(14(19)20)16-13(18)9-6-5-7-10(8-9)15-12(17)4-2/h5-8,11H,3-4H2,1-2H3,(H,15,17)(H,16,18)(H,19,20). The number of rotatable bonds is 6. The van der Waals surface area contributed by atoms with E-state index >= 15 is 0 Å². The molecule has 6 heteroatoms. The Bertz CT molecular complexity index is 514. The molecule has 0 bridgehead atoms. The van der Waals surface area contributed by atoms with E-state index in [0.717, 1.165) is 0 Å². The molecule has 0 heterocycles. The molecule has 0 aliphatic carbocycles. The molecule has 0 radical (unpaired) electrons. The Labute approximate surface area is 117 Å². The highest BCUT2D eigenvalue weighted by molar-refractivity contribution is 5.98. The molecule has 0 saturated carbocycles. The second-order valence-corrected chi connectivity index (χ2v) is 4.26. The molecule has 6 nitrogen and oxygen atoms in total. The number of aliphatic carboxylic acids is 1. The van der Waals surface area contributed by atoms with Gasteiger partial charge in [-0.25, -0.2) is 4.79 Å².